The maximum Gasteiger partial charge on any atom is 0.343 e. The minimum atomic E-state index is -0.485. The number of nitrogens with one attached hydrogen (secondary N) is 1. The number of pyridine rings is 1. The molecule has 11 nitrogen and oxygen atoms in total. The van der Waals surface area contributed by atoms with Crippen LogP contribution in [0.2, 0.25) is 0 Å². The standard InChI is InChI=1S/C32H46N8O3/c1-19(2)23-11-12-25-28(35-23)32(5,6)18-40(25)29-21(30(41)43-20(3)4)17-34-31(37-29)36-24-15-22(33)26(16-27(24)42-10)39(9)14-13-38(7)8/h11-12,15-17,19-20H,13-14,18,33H2,1-10H3,(H,34,36,37). The first kappa shape index (κ1) is 31.8. The van der Waals surface area contributed by atoms with Crippen LogP contribution in [0.15, 0.2) is 30.5 Å². The van der Waals surface area contributed by atoms with Crippen LogP contribution in [0.4, 0.5) is 34.5 Å². The molecule has 43 heavy (non-hydrogen) atoms. The Bertz CT molecular complexity index is 1470. The number of likely N-dealkylation sites (N-methyl/N-ethyl adjacent to an activating group) is 2. The number of hydrogen-bond acceptors (Lipinski definition) is 11. The molecule has 1 aromatic carbocycles. The number of benzene rings is 1. The monoisotopic (exact) mass is 590 g/mol. The van der Waals surface area contributed by atoms with Crippen LogP contribution in [-0.4, -0.2) is 79.8 Å². The number of methoxy groups -OCH3 is 1. The number of hydrogen-bond donors (Lipinski definition) is 2. The Morgan fingerprint density at radius 3 is 2.47 bits per heavy atom. The molecule has 0 spiro atoms. The van der Waals surface area contributed by atoms with E-state index in [1.54, 1.807) is 7.11 Å². The van der Waals surface area contributed by atoms with Gasteiger partial charge in [-0.15, -0.1) is 0 Å². The summed E-state index contributed by atoms with van der Waals surface area (Å²) in [6.45, 7) is 14.5. The van der Waals surface area contributed by atoms with Crippen molar-refractivity contribution in [1.29, 1.82) is 0 Å². The fourth-order valence-corrected chi connectivity index (χ4v) is 5.08. The van der Waals surface area contributed by atoms with Crippen LogP contribution in [0.1, 0.15) is 69.2 Å². The van der Waals surface area contributed by atoms with Gasteiger partial charge in [0.1, 0.15) is 11.3 Å². The Balaban J connectivity index is 1.76. The molecule has 232 valence electrons. The number of rotatable bonds is 11. The largest absolute Gasteiger partial charge is 0.494 e. The van der Waals surface area contributed by atoms with Gasteiger partial charge in [0.2, 0.25) is 5.95 Å². The highest BCUT2D eigenvalue weighted by Crippen LogP contribution is 2.44. The van der Waals surface area contributed by atoms with Crippen molar-refractivity contribution in [2.75, 3.05) is 68.7 Å². The zero-order valence-corrected chi connectivity index (χ0v) is 27.1. The number of nitrogens with two attached hydrogens (primary N) is 1. The van der Waals surface area contributed by atoms with Crippen molar-refractivity contribution in [3.8, 4) is 5.75 Å². The average Bonchev–Trinajstić information content (AvgIpc) is 3.21. The molecule has 0 fully saturated rings. The number of nitrogen functional groups attached to an aromatic ring is 1. The molecular weight excluding hydrogens is 544 g/mol. The molecule has 2 aromatic heterocycles. The summed E-state index contributed by atoms with van der Waals surface area (Å²) in [5.74, 6) is 1.14. The van der Waals surface area contributed by atoms with E-state index in [9.17, 15) is 4.79 Å². The molecule has 0 saturated heterocycles. The van der Waals surface area contributed by atoms with Crippen LogP contribution < -0.4 is 25.6 Å². The molecule has 3 aromatic rings. The zero-order valence-electron chi connectivity index (χ0n) is 27.1. The van der Waals surface area contributed by atoms with E-state index in [0.717, 1.165) is 35.9 Å². The first-order valence-electron chi connectivity index (χ1n) is 14.7. The number of ether oxygens (including phenoxy) is 2. The van der Waals surface area contributed by atoms with Crippen LogP contribution in [0.5, 0.6) is 5.75 Å². The lowest BCUT2D eigenvalue weighted by molar-refractivity contribution is 0.0378. The van der Waals surface area contributed by atoms with E-state index >= 15 is 0 Å². The van der Waals surface area contributed by atoms with Crippen molar-refractivity contribution in [2.24, 2.45) is 0 Å². The summed E-state index contributed by atoms with van der Waals surface area (Å²) >= 11 is 0. The molecule has 0 aliphatic carbocycles. The Kier molecular flexibility index (Phi) is 9.34. The van der Waals surface area contributed by atoms with Gasteiger partial charge in [-0.05, 0) is 52.1 Å². The van der Waals surface area contributed by atoms with Gasteiger partial charge in [0.05, 0.1) is 41.7 Å². The van der Waals surface area contributed by atoms with Crippen LogP contribution in [0.3, 0.4) is 0 Å². The molecule has 3 N–H and O–H groups in total. The summed E-state index contributed by atoms with van der Waals surface area (Å²) in [5.41, 5.74) is 11.5. The summed E-state index contributed by atoms with van der Waals surface area (Å²) in [6, 6.07) is 7.82. The topological polar surface area (TPSA) is 122 Å². The second-order valence-corrected chi connectivity index (χ2v) is 12.6. The smallest absolute Gasteiger partial charge is 0.343 e. The number of anilines is 6. The quantitative estimate of drug-likeness (QED) is 0.223. The number of carbonyl (C=O) groups is 1. The second-order valence-electron chi connectivity index (χ2n) is 12.6. The minimum Gasteiger partial charge on any atom is -0.494 e. The summed E-state index contributed by atoms with van der Waals surface area (Å²) in [6.07, 6.45) is 1.22. The third-order valence-electron chi connectivity index (χ3n) is 7.45. The van der Waals surface area contributed by atoms with Gasteiger partial charge in [0.25, 0.3) is 0 Å². The number of aromatic nitrogens is 3. The summed E-state index contributed by atoms with van der Waals surface area (Å²) in [7, 11) is 7.68. The molecule has 0 atom stereocenters. The van der Waals surface area contributed by atoms with Gasteiger partial charge in [-0.2, -0.15) is 4.98 Å². The predicted molar refractivity (Wildman–Crippen MR) is 173 cm³/mol. The molecule has 1 aliphatic heterocycles. The van der Waals surface area contributed by atoms with Gasteiger partial charge in [0, 0.05) is 50.1 Å². The first-order chi connectivity index (χ1) is 20.2. The van der Waals surface area contributed by atoms with Crippen LogP contribution in [0.25, 0.3) is 0 Å². The summed E-state index contributed by atoms with van der Waals surface area (Å²) in [5, 5.41) is 3.27. The van der Waals surface area contributed by atoms with Gasteiger partial charge in [-0.3, -0.25) is 4.98 Å². The van der Waals surface area contributed by atoms with Crippen molar-refractivity contribution in [3.63, 3.8) is 0 Å². The second kappa shape index (κ2) is 12.6. The Labute approximate surface area is 255 Å². The number of nitrogens with zero attached hydrogens (tertiary/aromatic N) is 6. The zero-order chi connectivity index (χ0) is 31.6. The molecule has 0 saturated carbocycles. The van der Waals surface area contributed by atoms with Crippen molar-refractivity contribution in [3.05, 3.63) is 47.4 Å². The minimum absolute atomic E-state index is 0.274. The van der Waals surface area contributed by atoms with Gasteiger partial charge in [-0.25, -0.2) is 9.78 Å². The molecular formula is C32H46N8O3. The summed E-state index contributed by atoms with van der Waals surface area (Å²) in [4.78, 5) is 33.9. The van der Waals surface area contributed by atoms with E-state index < -0.39 is 5.97 Å². The first-order valence-corrected chi connectivity index (χ1v) is 14.7. The lowest BCUT2D eigenvalue weighted by Crippen LogP contribution is -2.29. The number of fused-ring (bicyclic) bond motifs is 1. The maximum absolute atomic E-state index is 13.3. The van der Waals surface area contributed by atoms with Crippen molar-refractivity contribution < 1.29 is 14.3 Å². The van der Waals surface area contributed by atoms with Crippen molar-refractivity contribution >= 4 is 40.5 Å². The number of esters is 1. The SMILES string of the molecule is COc1cc(N(C)CCN(C)C)c(N)cc1Nc1ncc(C(=O)OC(C)C)c(N2CC(C)(C)c3nc(C(C)C)ccc32)n1. The Morgan fingerprint density at radius 2 is 1.84 bits per heavy atom. The van der Waals surface area contributed by atoms with Crippen molar-refractivity contribution in [1.82, 2.24) is 19.9 Å². The fraction of sp³-hybridized carbons (Fsp3) is 0.500. The van der Waals surface area contributed by atoms with E-state index in [2.05, 4.69) is 53.9 Å². The lowest BCUT2D eigenvalue weighted by Gasteiger charge is -2.25. The van der Waals surface area contributed by atoms with Crippen LogP contribution in [-0.2, 0) is 10.2 Å². The molecule has 0 amide bonds. The maximum atomic E-state index is 13.3. The number of carbonyl (C=O) groups excluding carboxylic acids is 1. The van der Waals surface area contributed by atoms with Gasteiger partial charge >= 0.3 is 5.97 Å². The predicted octanol–water partition coefficient (Wildman–Crippen LogP) is 5.32. The highest BCUT2D eigenvalue weighted by atomic mass is 16.5. The van der Waals surface area contributed by atoms with E-state index in [4.69, 9.17) is 25.2 Å². The van der Waals surface area contributed by atoms with Crippen molar-refractivity contribution in [2.45, 2.75) is 59.0 Å². The van der Waals surface area contributed by atoms with Gasteiger partial charge < -0.3 is 35.2 Å². The third kappa shape index (κ3) is 6.93. The molecule has 1 aliphatic rings. The third-order valence-corrected chi connectivity index (χ3v) is 7.45. The molecule has 0 radical (unpaired) electrons. The fourth-order valence-electron chi connectivity index (χ4n) is 5.08. The van der Waals surface area contributed by atoms with E-state index in [1.807, 2.05) is 58.1 Å². The molecule has 3 heterocycles. The molecule has 0 unspecified atom stereocenters. The van der Waals surface area contributed by atoms with Crippen LogP contribution in [0, 0.1) is 0 Å². The average molecular weight is 591 g/mol. The molecule has 0 bridgehead atoms. The highest BCUT2D eigenvalue weighted by molar-refractivity contribution is 5.96. The van der Waals surface area contributed by atoms with Gasteiger partial charge in [-0.1, -0.05) is 27.7 Å². The Morgan fingerprint density at radius 1 is 1.12 bits per heavy atom. The van der Waals surface area contributed by atoms with Gasteiger partial charge in [0.15, 0.2) is 5.82 Å². The van der Waals surface area contributed by atoms with E-state index in [1.165, 1.54) is 6.20 Å². The van der Waals surface area contributed by atoms with E-state index in [0.29, 0.717) is 41.4 Å². The lowest BCUT2D eigenvalue weighted by atomic mass is 9.91. The highest BCUT2D eigenvalue weighted by Gasteiger charge is 2.40. The normalized spacial score (nSPS) is 13.9. The van der Waals surface area contributed by atoms with Crippen LogP contribution >= 0.6 is 0 Å². The molecule has 4 rings (SSSR count). The van der Waals surface area contributed by atoms with E-state index in [-0.39, 0.29) is 17.1 Å². The molecule has 11 heteroatoms. The summed E-state index contributed by atoms with van der Waals surface area (Å²) < 4.78 is 11.3. The Hall–Kier alpha value is -4.12.